The van der Waals surface area contributed by atoms with E-state index in [1.54, 1.807) is 0 Å². The van der Waals surface area contributed by atoms with Gasteiger partial charge in [-0.2, -0.15) is 0 Å². The molecule has 1 fully saturated rings. The maximum absolute atomic E-state index is 11.4. The van der Waals surface area contributed by atoms with Gasteiger partial charge in [-0.15, -0.1) is 0 Å². The molecular weight excluding hydrogens is 228 g/mol. The predicted octanol–water partition coefficient (Wildman–Crippen LogP) is 1.34. The van der Waals surface area contributed by atoms with Crippen molar-refractivity contribution in [1.82, 2.24) is 0 Å². The van der Waals surface area contributed by atoms with Crippen LogP contribution in [0.25, 0.3) is 0 Å². The minimum Gasteiger partial charge on any atom is -0.378 e. The Labute approximate surface area is 97.3 Å². The minimum absolute atomic E-state index is 0.0274. The van der Waals surface area contributed by atoms with Gasteiger partial charge in [0.05, 0.1) is 11.9 Å². The van der Waals surface area contributed by atoms with Crippen LogP contribution in [0.2, 0.25) is 0 Å². The molecule has 1 aliphatic heterocycles. The third-order valence-corrected chi connectivity index (χ3v) is 3.72. The van der Waals surface area contributed by atoms with E-state index in [0.29, 0.717) is 6.42 Å². The van der Waals surface area contributed by atoms with Crippen molar-refractivity contribution in [3.8, 4) is 0 Å². The normalized spacial score (nSPS) is 21.9. The Bertz CT molecular complexity index is 315. The van der Waals surface area contributed by atoms with Crippen molar-refractivity contribution >= 4 is 15.6 Å². The van der Waals surface area contributed by atoms with E-state index in [1.165, 1.54) is 6.42 Å². The SMILES string of the molecule is CS(=O)(=O)CCC(=O)CCC1CCCCO1. The number of carbonyl (C=O) groups is 1. The van der Waals surface area contributed by atoms with Gasteiger partial charge in [-0.25, -0.2) is 8.42 Å². The van der Waals surface area contributed by atoms with E-state index in [9.17, 15) is 13.2 Å². The number of hydrogen-bond donors (Lipinski definition) is 0. The summed E-state index contributed by atoms with van der Waals surface area (Å²) in [5.41, 5.74) is 0. The molecule has 0 amide bonds. The third-order valence-electron chi connectivity index (χ3n) is 2.77. The van der Waals surface area contributed by atoms with Gasteiger partial charge in [0.2, 0.25) is 0 Å². The summed E-state index contributed by atoms with van der Waals surface area (Å²) in [4.78, 5) is 11.4. The summed E-state index contributed by atoms with van der Waals surface area (Å²) in [5.74, 6) is -0.00299. The molecule has 0 N–H and O–H groups in total. The summed E-state index contributed by atoms with van der Waals surface area (Å²) in [6.45, 7) is 0.794. The van der Waals surface area contributed by atoms with Crippen molar-refractivity contribution in [3.05, 3.63) is 0 Å². The summed E-state index contributed by atoms with van der Waals surface area (Å²) >= 11 is 0. The molecule has 0 saturated carbocycles. The lowest BCUT2D eigenvalue weighted by atomic mass is 10.0. The highest BCUT2D eigenvalue weighted by Gasteiger charge is 2.15. The summed E-state index contributed by atoms with van der Waals surface area (Å²) in [6.07, 6.45) is 6.00. The first-order valence-electron chi connectivity index (χ1n) is 5.78. The van der Waals surface area contributed by atoms with Gasteiger partial charge in [0.15, 0.2) is 0 Å². The Kier molecular flexibility index (Phi) is 5.41. The predicted molar refractivity (Wildman–Crippen MR) is 62.2 cm³/mol. The number of Topliss-reactive ketones (excluding diaryl/α,β-unsaturated/α-hetero) is 1. The average molecular weight is 248 g/mol. The quantitative estimate of drug-likeness (QED) is 0.711. The number of carbonyl (C=O) groups excluding carboxylic acids is 1. The van der Waals surface area contributed by atoms with Gasteiger partial charge in [-0.1, -0.05) is 0 Å². The highest BCUT2D eigenvalue weighted by Crippen LogP contribution is 2.17. The van der Waals surface area contributed by atoms with Crippen LogP contribution < -0.4 is 0 Å². The summed E-state index contributed by atoms with van der Waals surface area (Å²) in [7, 11) is -3.01. The Morgan fingerprint density at radius 2 is 2.06 bits per heavy atom. The lowest BCUT2D eigenvalue weighted by molar-refractivity contribution is -0.119. The summed E-state index contributed by atoms with van der Waals surface area (Å²) < 4.78 is 27.2. The fourth-order valence-corrected chi connectivity index (χ4v) is 2.38. The highest BCUT2D eigenvalue weighted by molar-refractivity contribution is 7.90. The largest absolute Gasteiger partial charge is 0.378 e. The Morgan fingerprint density at radius 1 is 1.31 bits per heavy atom. The zero-order chi connectivity index (χ0) is 12.0. The van der Waals surface area contributed by atoms with Crippen molar-refractivity contribution in [2.75, 3.05) is 18.6 Å². The molecule has 94 valence electrons. The van der Waals surface area contributed by atoms with Crippen molar-refractivity contribution in [3.63, 3.8) is 0 Å². The molecule has 5 heteroatoms. The third kappa shape index (κ3) is 6.23. The number of sulfone groups is 1. The number of hydrogen-bond acceptors (Lipinski definition) is 4. The van der Waals surface area contributed by atoms with E-state index in [2.05, 4.69) is 0 Å². The maximum Gasteiger partial charge on any atom is 0.147 e. The van der Waals surface area contributed by atoms with Crippen LogP contribution in [0.15, 0.2) is 0 Å². The van der Waals surface area contributed by atoms with Crippen molar-refractivity contribution in [2.45, 2.75) is 44.6 Å². The lowest BCUT2D eigenvalue weighted by Crippen LogP contribution is -2.20. The van der Waals surface area contributed by atoms with Crippen molar-refractivity contribution in [1.29, 1.82) is 0 Å². The van der Waals surface area contributed by atoms with Crippen LogP contribution in [-0.2, 0) is 19.4 Å². The van der Waals surface area contributed by atoms with E-state index < -0.39 is 9.84 Å². The van der Waals surface area contributed by atoms with Crippen LogP contribution in [-0.4, -0.2) is 38.9 Å². The molecular formula is C11H20O4S. The van der Waals surface area contributed by atoms with Crippen LogP contribution in [0.1, 0.15) is 38.5 Å². The first-order valence-corrected chi connectivity index (χ1v) is 7.84. The lowest BCUT2D eigenvalue weighted by Gasteiger charge is -2.22. The highest BCUT2D eigenvalue weighted by atomic mass is 32.2. The molecule has 0 aliphatic carbocycles. The van der Waals surface area contributed by atoms with E-state index in [-0.39, 0.29) is 24.1 Å². The molecule has 1 unspecified atom stereocenters. The second-order valence-electron chi connectivity index (χ2n) is 4.45. The monoisotopic (exact) mass is 248 g/mol. The Morgan fingerprint density at radius 3 is 2.62 bits per heavy atom. The Hall–Kier alpha value is -0.420. The number of rotatable bonds is 6. The fraction of sp³-hybridized carbons (Fsp3) is 0.909. The second-order valence-corrected chi connectivity index (χ2v) is 6.71. The van der Waals surface area contributed by atoms with Gasteiger partial charge in [0.1, 0.15) is 15.6 Å². The van der Waals surface area contributed by atoms with E-state index in [1.807, 2.05) is 0 Å². The number of ketones is 1. The topological polar surface area (TPSA) is 60.4 Å². The van der Waals surface area contributed by atoms with Gasteiger partial charge in [-0.05, 0) is 25.7 Å². The van der Waals surface area contributed by atoms with Gasteiger partial charge >= 0.3 is 0 Å². The molecule has 16 heavy (non-hydrogen) atoms. The van der Waals surface area contributed by atoms with Gasteiger partial charge in [0, 0.05) is 25.7 Å². The van der Waals surface area contributed by atoms with Crippen LogP contribution in [0.3, 0.4) is 0 Å². The molecule has 0 spiro atoms. The molecule has 1 aliphatic rings. The second kappa shape index (κ2) is 6.35. The van der Waals surface area contributed by atoms with Crippen LogP contribution in [0.4, 0.5) is 0 Å². The Balaban J connectivity index is 2.14. The first-order chi connectivity index (χ1) is 7.47. The smallest absolute Gasteiger partial charge is 0.147 e. The molecule has 1 rings (SSSR count). The zero-order valence-electron chi connectivity index (χ0n) is 9.78. The molecule has 1 atom stereocenters. The standard InChI is InChI=1S/C11H20O4S/c1-16(13,14)9-7-10(12)5-6-11-4-2-3-8-15-11/h11H,2-9H2,1H3. The fourth-order valence-electron chi connectivity index (χ4n) is 1.78. The van der Waals surface area contributed by atoms with Gasteiger partial charge in [-0.3, -0.25) is 4.79 Å². The molecule has 0 aromatic heterocycles. The maximum atomic E-state index is 11.4. The summed E-state index contributed by atoms with van der Waals surface area (Å²) in [6, 6.07) is 0. The summed E-state index contributed by atoms with van der Waals surface area (Å²) in [5, 5.41) is 0. The molecule has 1 saturated heterocycles. The van der Waals surface area contributed by atoms with Crippen LogP contribution in [0.5, 0.6) is 0 Å². The molecule has 4 nitrogen and oxygen atoms in total. The molecule has 0 aromatic rings. The van der Waals surface area contributed by atoms with E-state index in [0.717, 1.165) is 32.1 Å². The minimum atomic E-state index is -3.01. The first kappa shape index (κ1) is 13.6. The molecule has 0 radical (unpaired) electrons. The van der Waals surface area contributed by atoms with Crippen LogP contribution in [0, 0.1) is 0 Å². The molecule has 0 aromatic carbocycles. The molecule has 0 bridgehead atoms. The van der Waals surface area contributed by atoms with Crippen LogP contribution >= 0.6 is 0 Å². The van der Waals surface area contributed by atoms with E-state index >= 15 is 0 Å². The zero-order valence-corrected chi connectivity index (χ0v) is 10.6. The average Bonchev–Trinajstić information content (AvgIpc) is 2.24. The van der Waals surface area contributed by atoms with Crippen molar-refractivity contribution < 1.29 is 17.9 Å². The van der Waals surface area contributed by atoms with Crippen molar-refractivity contribution in [2.24, 2.45) is 0 Å². The molecule has 1 heterocycles. The number of ether oxygens (including phenoxy) is 1. The van der Waals surface area contributed by atoms with E-state index in [4.69, 9.17) is 4.74 Å². The van der Waals surface area contributed by atoms with Gasteiger partial charge in [0.25, 0.3) is 0 Å². The van der Waals surface area contributed by atoms with Gasteiger partial charge < -0.3 is 4.74 Å².